The number of nitrogens with one attached hydrogen (secondary N) is 1. The molecule has 1 aromatic heterocycles. The zero-order chi connectivity index (χ0) is 30.1. The van der Waals surface area contributed by atoms with E-state index >= 15 is 0 Å². The minimum Gasteiger partial charge on any atom is -0.481 e. The van der Waals surface area contributed by atoms with Crippen molar-refractivity contribution in [1.82, 2.24) is 15.2 Å². The normalized spacial score (nSPS) is 10.8. The van der Waals surface area contributed by atoms with Crippen LogP contribution in [0.2, 0.25) is 0 Å². The number of carboxylic acids is 1. The highest BCUT2D eigenvalue weighted by Gasteiger charge is 2.33. The van der Waals surface area contributed by atoms with E-state index in [0.717, 1.165) is 31.2 Å². The van der Waals surface area contributed by atoms with Crippen LogP contribution in [0.3, 0.4) is 0 Å². The highest BCUT2D eigenvalue weighted by atomic mass is 16.4. The molecule has 0 bridgehead atoms. The van der Waals surface area contributed by atoms with Crippen molar-refractivity contribution in [2.75, 3.05) is 18.8 Å². The van der Waals surface area contributed by atoms with Crippen LogP contribution in [0.5, 0.6) is 0 Å². The molecule has 8 heteroatoms. The van der Waals surface area contributed by atoms with Crippen molar-refractivity contribution in [2.45, 2.75) is 99.5 Å². The number of carboxylic acid groups (broad SMARTS) is 1. The van der Waals surface area contributed by atoms with Crippen molar-refractivity contribution < 1.29 is 19.5 Å². The van der Waals surface area contributed by atoms with Crippen molar-refractivity contribution in [3.8, 4) is 0 Å². The van der Waals surface area contributed by atoms with Gasteiger partial charge in [-0.2, -0.15) is 0 Å². The van der Waals surface area contributed by atoms with E-state index < -0.39 is 5.97 Å². The molecule has 1 heterocycles. The molecule has 39 heavy (non-hydrogen) atoms. The number of aliphatic carboxylic acids is 1. The van der Waals surface area contributed by atoms with Gasteiger partial charge in [0.15, 0.2) is 0 Å². The number of hydrogen-bond donors (Lipinski definition) is 3. The predicted molar refractivity (Wildman–Crippen MR) is 161 cm³/mol. The van der Waals surface area contributed by atoms with Crippen LogP contribution in [-0.4, -0.2) is 51.9 Å². The third-order valence-electron chi connectivity index (χ3n) is 5.24. The molecule has 1 aromatic carbocycles. The Labute approximate surface area is 236 Å². The zero-order valence-electron chi connectivity index (χ0n) is 25.2. The molecule has 220 valence electrons. The van der Waals surface area contributed by atoms with Gasteiger partial charge < -0.3 is 21.1 Å². The van der Waals surface area contributed by atoms with E-state index in [9.17, 15) is 14.4 Å². The first-order valence-electron chi connectivity index (χ1n) is 14.4. The molecule has 1 saturated carbocycles. The number of nitrogen functional groups attached to an aromatic ring is 1. The molecule has 2 aromatic rings. The molecule has 0 saturated heterocycles. The summed E-state index contributed by atoms with van der Waals surface area (Å²) in [7, 11) is 0. The third-order valence-corrected chi connectivity index (χ3v) is 5.24. The van der Waals surface area contributed by atoms with E-state index in [1.54, 1.807) is 17.2 Å². The Morgan fingerprint density at radius 2 is 1.59 bits per heavy atom. The van der Waals surface area contributed by atoms with Gasteiger partial charge in [-0.1, -0.05) is 78.8 Å². The molecule has 1 aliphatic carbocycles. The van der Waals surface area contributed by atoms with Crippen LogP contribution in [0.1, 0.15) is 91.7 Å². The van der Waals surface area contributed by atoms with Crippen LogP contribution in [0.15, 0.2) is 48.7 Å². The molecule has 0 spiro atoms. The van der Waals surface area contributed by atoms with Crippen LogP contribution in [0, 0.1) is 0 Å². The van der Waals surface area contributed by atoms with E-state index in [4.69, 9.17) is 10.8 Å². The molecule has 0 atom stereocenters. The maximum atomic E-state index is 12.4. The van der Waals surface area contributed by atoms with Gasteiger partial charge in [-0.15, -0.1) is 0 Å². The fraction of sp³-hybridized carbons (Fsp3) is 0.548. The summed E-state index contributed by atoms with van der Waals surface area (Å²) in [6.45, 7) is 14.2. The van der Waals surface area contributed by atoms with Crippen molar-refractivity contribution in [3.63, 3.8) is 0 Å². The molecular weight excluding hydrogens is 492 g/mol. The van der Waals surface area contributed by atoms with Crippen LogP contribution < -0.4 is 11.1 Å². The summed E-state index contributed by atoms with van der Waals surface area (Å²) in [6.07, 6.45) is 6.24. The fourth-order valence-electron chi connectivity index (χ4n) is 3.28. The number of anilines is 1. The molecule has 0 aliphatic heterocycles. The minimum absolute atomic E-state index is 0.00861. The number of amides is 2. The summed E-state index contributed by atoms with van der Waals surface area (Å²) >= 11 is 0. The van der Waals surface area contributed by atoms with Gasteiger partial charge in [0.25, 0.3) is 0 Å². The monoisotopic (exact) mass is 544 g/mol. The number of nitrogens with two attached hydrogens (primary N) is 1. The predicted octanol–water partition coefficient (Wildman–Crippen LogP) is 5.90. The number of rotatable bonds is 11. The first kappa shape index (κ1) is 37.7. The van der Waals surface area contributed by atoms with Crippen molar-refractivity contribution in [3.05, 3.63) is 59.8 Å². The van der Waals surface area contributed by atoms with E-state index in [1.165, 1.54) is 5.56 Å². The molecule has 1 aliphatic rings. The number of carbonyl (C=O) groups excluding carboxylic acids is 2. The molecule has 2 amide bonds. The summed E-state index contributed by atoms with van der Waals surface area (Å²) in [6, 6.07) is 14.2. The van der Waals surface area contributed by atoms with Gasteiger partial charge in [-0.3, -0.25) is 14.4 Å². The molecule has 3 rings (SSSR count). The number of carbonyl (C=O) groups is 3. The molecule has 0 radical (unpaired) electrons. The first-order valence-corrected chi connectivity index (χ1v) is 14.4. The summed E-state index contributed by atoms with van der Waals surface area (Å²) < 4.78 is 0. The second-order valence-electron chi connectivity index (χ2n) is 8.03. The average Bonchev–Trinajstić information content (AvgIpc) is 3.81. The van der Waals surface area contributed by atoms with Gasteiger partial charge in [0.2, 0.25) is 11.8 Å². The summed E-state index contributed by atoms with van der Waals surface area (Å²) in [5, 5.41) is 11.1. The summed E-state index contributed by atoms with van der Waals surface area (Å²) in [5.74, 6) is -0.866. The fourth-order valence-corrected chi connectivity index (χ4v) is 3.28. The van der Waals surface area contributed by atoms with Crippen molar-refractivity contribution in [1.29, 1.82) is 0 Å². The average molecular weight is 545 g/mol. The Bertz CT molecular complexity index is 902. The maximum Gasteiger partial charge on any atom is 0.305 e. The third kappa shape index (κ3) is 19.3. The Kier molecular flexibility index (Phi) is 24.1. The number of aromatic nitrogens is 1. The number of aryl methyl sites for hydroxylation is 2. The molecule has 0 unspecified atom stereocenters. The highest BCUT2D eigenvalue weighted by molar-refractivity contribution is 5.85. The lowest BCUT2D eigenvalue weighted by molar-refractivity contribution is -0.138. The standard InChI is InChI=1S/C17H24N4O4.C8H10.3C2H6/c18-14-10-12(6-8-19-14)2-1-3-16(23)21(13-4-5-13)11-15(22)20-9-7-17(24)25;1-2-8-6-4-3-5-7-8;3*1-2/h6,8,10,13H,1-5,7,9,11H2,(H2,18,19)(H,20,22)(H,24,25);3-7H,2H2,1H3;3*1-2H3. The summed E-state index contributed by atoms with van der Waals surface area (Å²) in [4.78, 5) is 40.3. The lowest BCUT2D eigenvalue weighted by Crippen LogP contribution is -2.42. The van der Waals surface area contributed by atoms with E-state index in [1.807, 2.05) is 53.7 Å². The van der Waals surface area contributed by atoms with Crippen molar-refractivity contribution in [2.24, 2.45) is 0 Å². The maximum absolute atomic E-state index is 12.4. The molecule has 8 nitrogen and oxygen atoms in total. The SMILES string of the molecule is CC.CC.CC.CCc1ccccc1.Nc1cc(CCCC(=O)N(CC(=O)NCCC(=O)O)C2CC2)ccn1. The minimum atomic E-state index is -0.966. The van der Waals surface area contributed by atoms with Crippen LogP contribution in [-0.2, 0) is 27.2 Å². The lowest BCUT2D eigenvalue weighted by atomic mass is 10.1. The summed E-state index contributed by atoms with van der Waals surface area (Å²) in [5.41, 5.74) is 8.07. The van der Waals surface area contributed by atoms with Crippen LogP contribution in [0.25, 0.3) is 0 Å². The largest absolute Gasteiger partial charge is 0.481 e. The number of nitrogens with zero attached hydrogens (tertiary/aromatic N) is 2. The van der Waals surface area contributed by atoms with Gasteiger partial charge in [-0.25, -0.2) is 4.98 Å². The smallest absolute Gasteiger partial charge is 0.305 e. The van der Waals surface area contributed by atoms with Gasteiger partial charge in [0.1, 0.15) is 5.82 Å². The first-order chi connectivity index (χ1) is 18.9. The molecule has 1 fully saturated rings. The molecular formula is C31H52N4O4. The lowest BCUT2D eigenvalue weighted by Gasteiger charge is -2.22. The highest BCUT2D eigenvalue weighted by Crippen LogP contribution is 2.27. The Morgan fingerprint density at radius 1 is 0.974 bits per heavy atom. The molecule has 4 N–H and O–H groups in total. The second kappa shape index (κ2) is 24.9. The number of hydrogen-bond acceptors (Lipinski definition) is 5. The quantitative estimate of drug-likeness (QED) is 0.324. The topological polar surface area (TPSA) is 126 Å². The van der Waals surface area contributed by atoms with Gasteiger partial charge in [0, 0.05) is 25.2 Å². The Balaban J connectivity index is 0. The van der Waals surface area contributed by atoms with E-state index in [0.29, 0.717) is 18.7 Å². The number of pyridine rings is 1. The zero-order valence-corrected chi connectivity index (χ0v) is 25.2. The van der Waals surface area contributed by atoms with Crippen molar-refractivity contribution >= 4 is 23.6 Å². The van der Waals surface area contributed by atoms with Crippen LogP contribution in [0.4, 0.5) is 5.82 Å². The second-order valence-corrected chi connectivity index (χ2v) is 8.03. The van der Waals surface area contributed by atoms with E-state index in [2.05, 4.69) is 41.5 Å². The van der Waals surface area contributed by atoms with Gasteiger partial charge >= 0.3 is 5.97 Å². The van der Waals surface area contributed by atoms with Crippen LogP contribution >= 0.6 is 0 Å². The van der Waals surface area contributed by atoms with Gasteiger partial charge in [0.05, 0.1) is 13.0 Å². The van der Waals surface area contributed by atoms with E-state index in [-0.39, 0.29) is 37.4 Å². The Hall–Kier alpha value is -3.42. The Morgan fingerprint density at radius 3 is 2.08 bits per heavy atom. The van der Waals surface area contributed by atoms with Gasteiger partial charge in [-0.05, 0) is 55.4 Å². The number of benzene rings is 1.